The smallest absolute Gasteiger partial charge is 0.330 e. The van der Waals surface area contributed by atoms with Crippen LogP contribution in [0.2, 0.25) is 0 Å². The van der Waals surface area contributed by atoms with Crippen molar-refractivity contribution in [2.45, 2.75) is 6.42 Å². The van der Waals surface area contributed by atoms with Crippen molar-refractivity contribution in [2.24, 2.45) is 5.92 Å². The molecule has 12 heavy (non-hydrogen) atoms. The summed E-state index contributed by atoms with van der Waals surface area (Å²) in [4.78, 5) is 21.2. The molecule has 0 N–H and O–H groups in total. The van der Waals surface area contributed by atoms with E-state index in [1.54, 1.807) is 0 Å². The van der Waals surface area contributed by atoms with E-state index in [0.29, 0.717) is 13.0 Å². The molecule has 1 rings (SSSR count). The van der Waals surface area contributed by atoms with Crippen LogP contribution in [0.25, 0.3) is 0 Å². The van der Waals surface area contributed by atoms with Gasteiger partial charge in [-0.1, -0.05) is 6.58 Å². The third-order valence-corrected chi connectivity index (χ3v) is 1.56. The first-order valence-electron chi connectivity index (χ1n) is 3.67. The van der Waals surface area contributed by atoms with Gasteiger partial charge in [-0.25, -0.2) is 4.79 Å². The SMILES string of the molecule is C=CC(=O)OCC1COC(=O)C1. The normalized spacial score (nSPS) is 21.7. The Labute approximate surface area is 70.1 Å². The van der Waals surface area contributed by atoms with E-state index in [1.165, 1.54) is 0 Å². The summed E-state index contributed by atoms with van der Waals surface area (Å²) >= 11 is 0. The molecule has 0 radical (unpaired) electrons. The maximum absolute atomic E-state index is 10.6. The van der Waals surface area contributed by atoms with Crippen LogP contribution in [0.1, 0.15) is 6.42 Å². The molecule has 0 aromatic heterocycles. The van der Waals surface area contributed by atoms with Crippen molar-refractivity contribution in [3.8, 4) is 0 Å². The van der Waals surface area contributed by atoms with Crippen molar-refractivity contribution in [1.29, 1.82) is 0 Å². The molecule has 1 heterocycles. The fourth-order valence-corrected chi connectivity index (χ4v) is 0.930. The number of rotatable bonds is 3. The predicted octanol–water partition coefficient (Wildman–Crippen LogP) is 0.279. The number of carbonyl (C=O) groups excluding carboxylic acids is 2. The average molecular weight is 170 g/mol. The lowest BCUT2D eigenvalue weighted by Gasteiger charge is -2.04. The molecule has 0 amide bonds. The molecule has 0 spiro atoms. The Morgan fingerprint density at radius 1 is 1.83 bits per heavy atom. The summed E-state index contributed by atoms with van der Waals surface area (Å²) < 4.78 is 9.41. The highest BCUT2D eigenvalue weighted by atomic mass is 16.6. The van der Waals surface area contributed by atoms with Gasteiger partial charge in [0.25, 0.3) is 0 Å². The molecule has 4 nitrogen and oxygen atoms in total. The Morgan fingerprint density at radius 3 is 3.08 bits per heavy atom. The standard InChI is InChI=1S/C8H10O4/c1-2-7(9)11-4-6-3-8(10)12-5-6/h2,6H,1,3-5H2. The number of carbonyl (C=O) groups is 2. The average Bonchev–Trinajstić information content (AvgIpc) is 2.47. The Morgan fingerprint density at radius 2 is 2.58 bits per heavy atom. The van der Waals surface area contributed by atoms with E-state index in [2.05, 4.69) is 11.3 Å². The first kappa shape index (κ1) is 8.77. The van der Waals surface area contributed by atoms with Crippen LogP contribution in [0.4, 0.5) is 0 Å². The van der Waals surface area contributed by atoms with E-state index in [0.717, 1.165) is 6.08 Å². The molecule has 0 aromatic carbocycles. The predicted molar refractivity (Wildman–Crippen MR) is 40.2 cm³/mol. The van der Waals surface area contributed by atoms with Gasteiger partial charge < -0.3 is 9.47 Å². The van der Waals surface area contributed by atoms with Gasteiger partial charge >= 0.3 is 11.9 Å². The number of cyclic esters (lactones) is 1. The lowest BCUT2D eigenvalue weighted by atomic mass is 10.1. The summed E-state index contributed by atoms with van der Waals surface area (Å²) in [6.07, 6.45) is 1.43. The Kier molecular flexibility index (Phi) is 2.85. The van der Waals surface area contributed by atoms with Gasteiger partial charge in [-0.15, -0.1) is 0 Å². The van der Waals surface area contributed by atoms with E-state index in [4.69, 9.17) is 4.74 Å². The lowest BCUT2D eigenvalue weighted by molar-refractivity contribution is -0.139. The maximum atomic E-state index is 10.6. The van der Waals surface area contributed by atoms with Gasteiger partial charge in [-0.3, -0.25) is 4.79 Å². The summed E-state index contributed by atoms with van der Waals surface area (Å²) in [5.41, 5.74) is 0. The third kappa shape index (κ3) is 2.38. The quantitative estimate of drug-likeness (QED) is 0.451. The van der Waals surface area contributed by atoms with Gasteiger partial charge in [0.15, 0.2) is 0 Å². The van der Waals surface area contributed by atoms with Gasteiger partial charge in [-0.05, 0) is 0 Å². The molecule has 66 valence electrons. The summed E-state index contributed by atoms with van der Waals surface area (Å²) in [5.74, 6) is -0.676. The fraction of sp³-hybridized carbons (Fsp3) is 0.500. The van der Waals surface area contributed by atoms with Gasteiger partial charge in [0, 0.05) is 12.0 Å². The number of hydrogen-bond donors (Lipinski definition) is 0. The first-order valence-corrected chi connectivity index (χ1v) is 3.67. The van der Waals surface area contributed by atoms with E-state index >= 15 is 0 Å². The van der Waals surface area contributed by atoms with Crippen LogP contribution < -0.4 is 0 Å². The topological polar surface area (TPSA) is 52.6 Å². The van der Waals surface area contributed by atoms with Crippen LogP contribution in [0.5, 0.6) is 0 Å². The van der Waals surface area contributed by atoms with Crippen molar-refractivity contribution in [3.63, 3.8) is 0 Å². The molecule has 1 fully saturated rings. The van der Waals surface area contributed by atoms with Crippen molar-refractivity contribution < 1.29 is 19.1 Å². The first-order chi connectivity index (χ1) is 5.72. The monoisotopic (exact) mass is 170 g/mol. The van der Waals surface area contributed by atoms with Crippen LogP contribution in [0.3, 0.4) is 0 Å². The largest absolute Gasteiger partial charge is 0.465 e. The minimum atomic E-state index is -0.464. The summed E-state index contributed by atoms with van der Waals surface area (Å²) in [6.45, 7) is 3.83. The van der Waals surface area contributed by atoms with Crippen LogP contribution in [-0.4, -0.2) is 25.2 Å². The number of ether oxygens (including phenoxy) is 2. The highest BCUT2D eigenvalue weighted by Gasteiger charge is 2.24. The van der Waals surface area contributed by atoms with Crippen LogP contribution in [0, 0.1) is 5.92 Å². The zero-order chi connectivity index (χ0) is 8.97. The van der Waals surface area contributed by atoms with Gasteiger partial charge in [0.1, 0.15) is 0 Å². The second-order valence-corrected chi connectivity index (χ2v) is 2.59. The van der Waals surface area contributed by atoms with Gasteiger partial charge in [-0.2, -0.15) is 0 Å². The Hall–Kier alpha value is -1.32. The van der Waals surface area contributed by atoms with Gasteiger partial charge in [0.05, 0.1) is 19.6 Å². The van der Waals surface area contributed by atoms with Crippen LogP contribution >= 0.6 is 0 Å². The lowest BCUT2D eigenvalue weighted by Crippen LogP contribution is -2.12. The fourth-order valence-electron chi connectivity index (χ4n) is 0.930. The Balaban J connectivity index is 2.20. The minimum Gasteiger partial charge on any atom is -0.465 e. The number of esters is 2. The highest BCUT2D eigenvalue weighted by Crippen LogP contribution is 2.13. The second-order valence-electron chi connectivity index (χ2n) is 2.59. The molecule has 0 aliphatic carbocycles. The summed E-state index contributed by atoms with van der Waals surface area (Å²) in [6, 6.07) is 0. The third-order valence-electron chi connectivity index (χ3n) is 1.56. The van der Waals surface area contributed by atoms with Crippen molar-refractivity contribution in [3.05, 3.63) is 12.7 Å². The molecule has 1 saturated heterocycles. The number of hydrogen-bond acceptors (Lipinski definition) is 4. The van der Waals surface area contributed by atoms with Crippen molar-refractivity contribution in [1.82, 2.24) is 0 Å². The molecular formula is C8H10O4. The molecule has 1 unspecified atom stereocenters. The summed E-state index contributed by atoms with van der Waals surface area (Å²) in [5, 5.41) is 0. The van der Waals surface area contributed by atoms with E-state index in [1.807, 2.05) is 0 Å². The van der Waals surface area contributed by atoms with E-state index in [-0.39, 0.29) is 18.5 Å². The second kappa shape index (κ2) is 3.90. The molecule has 1 aliphatic rings. The zero-order valence-corrected chi connectivity index (χ0v) is 6.62. The molecular weight excluding hydrogens is 160 g/mol. The van der Waals surface area contributed by atoms with Gasteiger partial charge in [0.2, 0.25) is 0 Å². The van der Waals surface area contributed by atoms with Crippen molar-refractivity contribution >= 4 is 11.9 Å². The summed E-state index contributed by atoms with van der Waals surface area (Å²) in [7, 11) is 0. The molecule has 0 saturated carbocycles. The minimum absolute atomic E-state index is 0.0152. The van der Waals surface area contributed by atoms with Crippen LogP contribution in [-0.2, 0) is 19.1 Å². The molecule has 4 heteroatoms. The molecule has 0 bridgehead atoms. The molecule has 0 aromatic rings. The van der Waals surface area contributed by atoms with E-state index in [9.17, 15) is 9.59 Å². The highest BCUT2D eigenvalue weighted by molar-refractivity contribution is 5.81. The maximum Gasteiger partial charge on any atom is 0.330 e. The molecule has 1 atom stereocenters. The van der Waals surface area contributed by atoms with Crippen LogP contribution in [0.15, 0.2) is 12.7 Å². The van der Waals surface area contributed by atoms with E-state index < -0.39 is 5.97 Å². The zero-order valence-electron chi connectivity index (χ0n) is 6.62. The van der Waals surface area contributed by atoms with Crippen molar-refractivity contribution in [2.75, 3.05) is 13.2 Å². The molecule has 1 aliphatic heterocycles. The Bertz CT molecular complexity index is 209.